The highest BCUT2D eigenvalue weighted by Crippen LogP contribution is 2.36. The molecule has 2 N–H and O–H groups in total. The number of carbonyl (C=O) groups excluding carboxylic acids is 2. The molecule has 0 spiro atoms. The first-order chi connectivity index (χ1) is 15.3. The van der Waals surface area contributed by atoms with Crippen molar-refractivity contribution in [1.82, 2.24) is 20.2 Å². The minimum atomic E-state index is -1.40. The van der Waals surface area contributed by atoms with Crippen LogP contribution in [0, 0.1) is 0 Å². The fraction of sp³-hybridized carbons (Fsp3) is 0.391. The number of aromatic nitrogens is 2. The van der Waals surface area contributed by atoms with Gasteiger partial charge in [0.15, 0.2) is 0 Å². The maximum absolute atomic E-state index is 13.0. The van der Waals surface area contributed by atoms with Gasteiger partial charge in [-0.1, -0.05) is 0 Å². The van der Waals surface area contributed by atoms with Crippen LogP contribution in [-0.4, -0.2) is 56.6 Å². The lowest BCUT2D eigenvalue weighted by Gasteiger charge is -2.42. The molecule has 0 aliphatic carbocycles. The molecule has 0 aromatic carbocycles. The Hall–Kier alpha value is -3.04. The number of aliphatic hydroxyl groups is 1. The van der Waals surface area contributed by atoms with E-state index in [9.17, 15) is 14.7 Å². The fourth-order valence-corrected chi connectivity index (χ4v) is 5.13. The highest BCUT2D eigenvalue weighted by atomic mass is 32.1. The number of amides is 3. The Morgan fingerprint density at radius 3 is 2.72 bits per heavy atom. The Kier molecular flexibility index (Phi) is 5.10. The van der Waals surface area contributed by atoms with Gasteiger partial charge in [0.05, 0.1) is 16.9 Å². The monoisotopic (exact) mass is 451 g/mol. The summed E-state index contributed by atoms with van der Waals surface area (Å²) in [7, 11) is 0. The van der Waals surface area contributed by atoms with Gasteiger partial charge in [-0.25, -0.2) is 9.78 Å². The van der Waals surface area contributed by atoms with Crippen molar-refractivity contribution in [3.05, 3.63) is 40.7 Å². The van der Waals surface area contributed by atoms with Crippen LogP contribution >= 0.6 is 11.3 Å². The Morgan fingerprint density at radius 1 is 1.25 bits per heavy atom. The molecule has 0 unspecified atom stereocenters. The average molecular weight is 452 g/mol. The van der Waals surface area contributed by atoms with Crippen molar-refractivity contribution in [3.8, 4) is 11.3 Å². The van der Waals surface area contributed by atoms with E-state index in [1.807, 2.05) is 29.8 Å². The number of pyridine rings is 2. The number of fused-ring (bicyclic) bond motifs is 3. The highest BCUT2D eigenvalue weighted by Gasteiger charge is 2.37. The first-order valence-electron chi connectivity index (χ1n) is 10.7. The van der Waals surface area contributed by atoms with Crippen molar-refractivity contribution >= 4 is 40.0 Å². The van der Waals surface area contributed by atoms with E-state index in [4.69, 9.17) is 4.98 Å². The molecule has 3 aromatic heterocycles. The zero-order valence-electron chi connectivity index (χ0n) is 18.0. The predicted molar refractivity (Wildman–Crippen MR) is 123 cm³/mol. The zero-order valence-corrected chi connectivity index (χ0v) is 18.9. The molecule has 9 heteroatoms. The van der Waals surface area contributed by atoms with Crippen LogP contribution in [-0.2, 0) is 11.3 Å². The molecule has 2 aliphatic rings. The molecule has 2 aliphatic heterocycles. The van der Waals surface area contributed by atoms with Gasteiger partial charge in [0.2, 0.25) is 0 Å². The van der Waals surface area contributed by atoms with Gasteiger partial charge in [-0.3, -0.25) is 14.7 Å². The molecule has 0 radical (unpaired) electrons. The molecule has 5 rings (SSSR count). The van der Waals surface area contributed by atoms with Crippen LogP contribution in [0.4, 0.5) is 10.5 Å². The summed E-state index contributed by atoms with van der Waals surface area (Å²) in [6.07, 6.45) is 3.06. The second kappa shape index (κ2) is 7.83. The molecule has 0 bridgehead atoms. The summed E-state index contributed by atoms with van der Waals surface area (Å²) in [5.74, 6) is -0.281. The van der Waals surface area contributed by atoms with Crippen molar-refractivity contribution in [1.29, 1.82) is 0 Å². The second-order valence-corrected chi connectivity index (χ2v) is 9.60. The maximum atomic E-state index is 13.0. The number of nitrogens with zero attached hydrogens (tertiary/aromatic N) is 4. The summed E-state index contributed by atoms with van der Waals surface area (Å²) >= 11 is 1.62. The van der Waals surface area contributed by atoms with E-state index in [-0.39, 0.29) is 18.0 Å². The smallest absolute Gasteiger partial charge is 0.322 e. The highest BCUT2D eigenvalue weighted by molar-refractivity contribution is 7.08. The lowest BCUT2D eigenvalue weighted by atomic mass is 9.98. The maximum Gasteiger partial charge on any atom is 0.322 e. The number of likely N-dealkylation sites (tertiary alicyclic amines) is 1. The quantitative estimate of drug-likeness (QED) is 0.637. The third-order valence-electron chi connectivity index (χ3n) is 6.11. The van der Waals surface area contributed by atoms with Crippen LogP contribution in [0.5, 0.6) is 0 Å². The van der Waals surface area contributed by atoms with Gasteiger partial charge in [0.25, 0.3) is 5.91 Å². The van der Waals surface area contributed by atoms with Gasteiger partial charge in [0.1, 0.15) is 11.1 Å². The molecule has 1 fully saturated rings. The van der Waals surface area contributed by atoms with Crippen LogP contribution in [0.2, 0.25) is 0 Å². The lowest BCUT2D eigenvalue weighted by Crippen LogP contribution is -2.56. The van der Waals surface area contributed by atoms with Gasteiger partial charge in [-0.15, -0.1) is 0 Å². The number of rotatable bonds is 3. The first kappa shape index (κ1) is 20.8. The molecule has 0 atom stereocenters. The minimum Gasteiger partial charge on any atom is -0.381 e. The van der Waals surface area contributed by atoms with Crippen molar-refractivity contribution in [2.45, 2.75) is 44.9 Å². The molecular formula is C23H25N5O3S. The number of piperidine rings is 1. The van der Waals surface area contributed by atoms with Crippen LogP contribution in [0.15, 0.2) is 35.2 Å². The molecule has 8 nitrogen and oxygen atoms in total. The number of hydrogen-bond acceptors (Lipinski definition) is 6. The standard InChI is InChI=1S/C23H25N5O3S/c1-23(2,31)21(29)27-8-5-16(6-9-27)28-20-15(12-25-22(28)30)11-24-18-4-3-17(26-19(18)20)14-7-10-32-13-14/h3-4,7,10-11,13,16,31H,5-6,8-9,12H2,1-2H3,(H,25,30). The summed E-state index contributed by atoms with van der Waals surface area (Å²) in [4.78, 5) is 38.5. The van der Waals surface area contributed by atoms with E-state index in [1.54, 1.807) is 21.1 Å². The SMILES string of the molecule is CC(C)(O)C(=O)N1CCC(N2C(=O)NCc3cnc4ccc(-c5ccsc5)nc4c32)CC1. The Bertz CT molecular complexity index is 1180. The fourth-order valence-electron chi connectivity index (χ4n) is 4.48. The summed E-state index contributed by atoms with van der Waals surface area (Å²) in [6, 6.07) is 5.71. The molecule has 3 amide bonds. The Labute approximate surface area is 189 Å². The van der Waals surface area contributed by atoms with E-state index in [1.165, 1.54) is 13.8 Å². The molecule has 0 saturated carbocycles. The summed E-state index contributed by atoms with van der Waals surface area (Å²) in [5, 5.41) is 17.1. The first-order valence-corrected chi connectivity index (χ1v) is 11.7. The van der Waals surface area contributed by atoms with Gasteiger partial charge >= 0.3 is 6.03 Å². The number of nitrogens with one attached hydrogen (secondary N) is 1. The third kappa shape index (κ3) is 3.61. The molecule has 166 valence electrons. The minimum absolute atomic E-state index is 0.0721. The number of thiophene rings is 1. The van der Waals surface area contributed by atoms with Gasteiger partial charge in [0, 0.05) is 48.4 Å². The van der Waals surface area contributed by atoms with E-state index >= 15 is 0 Å². The summed E-state index contributed by atoms with van der Waals surface area (Å²) < 4.78 is 0. The average Bonchev–Trinajstić information content (AvgIpc) is 3.32. The largest absolute Gasteiger partial charge is 0.381 e. The van der Waals surface area contributed by atoms with Gasteiger partial charge in [-0.2, -0.15) is 11.3 Å². The zero-order chi connectivity index (χ0) is 22.5. The molecule has 5 heterocycles. The summed E-state index contributed by atoms with van der Waals surface area (Å²) in [6.45, 7) is 4.40. The van der Waals surface area contributed by atoms with E-state index in [0.29, 0.717) is 32.5 Å². The third-order valence-corrected chi connectivity index (χ3v) is 6.79. The van der Waals surface area contributed by atoms with E-state index in [2.05, 4.69) is 15.7 Å². The Balaban J connectivity index is 1.51. The number of carbonyl (C=O) groups is 2. The van der Waals surface area contributed by atoms with Crippen molar-refractivity contribution in [3.63, 3.8) is 0 Å². The lowest BCUT2D eigenvalue weighted by molar-refractivity contribution is -0.148. The Morgan fingerprint density at radius 2 is 2.03 bits per heavy atom. The number of anilines is 1. The normalized spacial score (nSPS) is 17.4. The van der Waals surface area contributed by atoms with Crippen molar-refractivity contribution < 1.29 is 14.7 Å². The van der Waals surface area contributed by atoms with Crippen molar-refractivity contribution in [2.24, 2.45) is 0 Å². The predicted octanol–water partition coefficient (Wildman–Crippen LogP) is 3.15. The van der Waals surface area contributed by atoms with Crippen LogP contribution in [0.25, 0.3) is 22.3 Å². The van der Waals surface area contributed by atoms with E-state index < -0.39 is 5.60 Å². The number of hydrogen-bond donors (Lipinski definition) is 2. The van der Waals surface area contributed by atoms with Crippen LogP contribution in [0.3, 0.4) is 0 Å². The van der Waals surface area contributed by atoms with Crippen molar-refractivity contribution in [2.75, 3.05) is 18.0 Å². The topological polar surface area (TPSA) is 98.7 Å². The van der Waals surface area contributed by atoms with Gasteiger partial charge < -0.3 is 15.3 Å². The molecule has 32 heavy (non-hydrogen) atoms. The van der Waals surface area contributed by atoms with E-state index in [0.717, 1.165) is 33.5 Å². The van der Waals surface area contributed by atoms with Gasteiger partial charge in [-0.05, 0) is 50.3 Å². The molecule has 3 aromatic rings. The summed E-state index contributed by atoms with van der Waals surface area (Å²) in [5.41, 5.74) is 3.70. The van der Waals surface area contributed by atoms with Crippen LogP contribution < -0.4 is 10.2 Å². The second-order valence-electron chi connectivity index (χ2n) is 8.82. The molecular weight excluding hydrogens is 426 g/mol. The molecule has 1 saturated heterocycles. The number of urea groups is 1. The van der Waals surface area contributed by atoms with Crippen LogP contribution in [0.1, 0.15) is 32.3 Å².